The summed E-state index contributed by atoms with van der Waals surface area (Å²) in [5, 5.41) is 15.3. The normalized spacial score (nSPS) is 13.6. The predicted octanol–water partition coefficient (Wildman–Crippen LogP) is 3.92. The topological polar surface area (TPSA) is 60.2 Å². The van der Waals surface area contributed by atoms with E-state index in [1.165, 1.54) is 11.9 Å². The zero-order valence-electron chi connectivity index (χ0n) is 14.8. The maximum atomic E-state index is 11.2. The highest BCUT2D eigenvalue weighted by molar-refractivity contribution is 5.36. The summed E-state index contributed by atoms with van der Waals surface area (Å²) in [7, 11) is 0. The molecular weight excluding hydrogens is 314 g/mol. The van der Waals surface area contributed by atoms with Gasteiger partial charge in [0.2, 0.25) is 0 Å². The Morgan fingerprint density at radius 1 is 1.04 bits per heavy atom. The average Bonchev–Trinajstić information content (AvgIpc) is 3.10. The lowest BCUT2D eigenvalue weighted by Crippen LogP contribution is -2.37. The van der Waals surface area contributed by atoms with Gasteiger partial charge in [-0.2, -0.15) is 5.10 Å². The van der Waals surface area contributed by atoms with Gasteiger partial charge in [0, 0.05) is 0 Å². The fraction of sp³-hybridized carbons (Fsp3) is 0.300. The number of rotatable bonds is 6. The van der Waals surface area contributed by atoms with E-state index in [1.54, 1.807) is 11.0 Å². The van der Waals surface area contributed by atoms with Crippen molar-refractivity contribution in [3.8, 4) is 11.5 Å². The maximum Gasteiger partial charge on any atom is 0.137 e. The number of ether oxygens (including phenoxy) is 1. The average molecular weight is 337 g/mol. The van der Waals surface area contributed by atoms with Crippen LogP contribution < -0.4 is 4.74 Å². The summed E-state index contributed by atoms with van der Waals surface area (Å²) in [6, 6.07) is 15.5. The van der Waals surface area contributed by atoms with Crippen LogP contribution in [0.25, 0.3) is 0 Å². The number of hydrogen-bond acceptors (Lipinski definition) is 4. The molecule has 0 saturated heterocycles. The highest BCUT2D eigenvalue weighted by Crippen LogP contribution is 2.33. The van der Waals surface area contributed by atoms with Crippen LogP contribution in [-0.4, -0.2) is 19.9 Å². The van der Waals surface area contributed by atoms with E-state index < -0.39 is 5.60 Å². The highest BCUT2D eigenvalue weighted by atomic mass is 16.5. The summed E-state index contributed by atoms with van der Waals surface area (Å²) in [5.41, 5.74) is 0.989. The molecular formula is C20H23N3O2. The van der Waals surface area contributed by atoms with E-state index in [1.807, 2.05) is 69.3 Å². The first kappa shape index (κ1) is 17.2. The van der Waals surface area contributed by atoms with Gasteiger partial charge in [-0.05, 0) is 42.7 Å². The van der Waals surface area contributed by atoms with Crippen LogP contribution in [0, 0.1) is 12.8 Å². The third-order valence-electron chi connectivity index (χ3n) is 4.44. The summed E-state index contributed by atoms with van der Waals surface area (Å²) in [5.74, 6) is 1.54. The molecule has 1 aromatic heterocycles. The first-order valence-electron chi connectivity index (χ1n) is 8.37. The van der Waals surface area contributed by atoms with Gasteiger partial charge in [-0.25, -0.2) is 9.67 Å². The van der Waals surface area contributed by atoms with Gasteiger partial charge in [0.25, 0.3) is 0 Å². The van der Waals surface area contributed by atoms with E-state index in [0.29, 0.717) is 6.54 Å². The largest absolute Gasteiger partial charge is 0.457 e. The number of aromatic nitrogens is 3. The molecule has 0 aliphatic rings. The summed E-state index contributed by atoms with van der Waals surface area (Å²) in [6.07, 6.45) is 3.08. The minimum absolute atomic E-state index is 0.0144. The zero-order valence-corrected chi connectivity index (χ0v) is 14.8. The lowest BCUT2D eigenvalue weighted by molar-refractivity contribution is -0.0295. The molecule has 0 fully saturated rings. The van der Waals surface area contributed by atoms with Crippen molar-refractivity contribution < 1.29 is 9.84 Å². The van der Waals surface area contributed by atoms with Crippen LogP contribution in [0.1, 0.15) is 25.0 Å². The number of benzene rings is 2. The summed E-state index contributed by atoms with van der Waals surface area (Å²) in [4.78, 5) is 3.95. The van der Waals surface area contributed by atoms with Crippen LogP contribution in [0.3, 0.4) is 0 Å². The second-order valence-electron chi connectivity index (χ2n) is 6.61. The molecule has 0 amide bonds. The second-order valence-corrected chi connectivity index (χ2v) is 6.61. The summed E-state index contributed by atoms with van der Waals surface area (Å²) >= 11 is 0. The Morgan fingerprint density at radius 3 is 2.16 bits per heavy atom. The standard InChI is InChI=1S/C20H23N3O2/c1-15(2)20(24,12-23-14-21-13-22-23)17-6-10-19(11-7-17)25-18-8-4-16(3)5-9-18/h4-11,13-15,24H,12H2,1-3H3. The molecule has 130 valence electrons. The van der Waals surface area contributed by atoms with E-state index in [4.69, 9.17) is 4.74 Å². The Balaban J connectivity index is 1.80. The van der Waals surface area contributed by atoms with E-state index in [-0.39, 0.29) is 5.92 Å². The molecule has 25 heavy (non-hydrogen) atoms. The molecule has 5 heteroatoms. The second kappa shape index (κ2) is 7.07. The molecule has 3 rings (SSSR count). The predicted molar refractivity (Wildman–Crippen MR) is 96.5 cm³/mol. The molecule has 0 aliphatic heterocycles. The number of hydrogen-bond donors (Lipinski definition) is 1. The van der Waals surface area contributed by atoms with Crippen molar-refractivity contribution in [2.45, 2.75) is 32.9 Å². The fourth-order valence-corrected chi connectivity index (χ4v) is 2.72. The van der Waals surface area contributed by atoms with Crippen molar-refractivity contribution in [1.82, 2.24) is 14.8 Å². The van der Waals surface area contributed by atoms with Gasteiger partial charge in [0.05, 0.1) is 6.54 Å². The van der Waals surface area contributed by atoms with Gasteiger partial charge in [-0.1, -0.05) is 43.7 Å². The fourth-order valence-electron chi connectivity index (χ4n) is 2.72. The molecule has 0 aliphatic carbocycles. The Kier molecular flexibility index (Phi) is 4.86. The maximum absolute atomic E-state index is 11.2. The molecule has 2 aromatic carbocycles. The smallest absolute Gasteiger partial charge is 0.137 e. The SMILES string of the molecule is Cc1ccc(Oc2ccc(C(O)(Cn3cncn3)C(C)C)cc2)cc1. The monoisotopic (exact) mass is 337 g/mol. The van der Waals surface area contributed by atoms with E-state index in [0.717, 1.165) is 17.1 Å². The molecule has 0 spiro atoms. The zero-order chi connectivity index (χ0) is 17.9. The minimum Gasteiger partial charge on any atom is -0.457 e. The highest BCUT2D eigenvalue weighted by Gasteiger charge is 2.34. The van der Waals surface area contributed by atoms with Crippen LogP contribution in [0.15, 0.2) is 61.2 Å². The molecule has 3 aromatic rings. The van der Waals surface area contributed by atoms with E-state index in [2.05, 4.69) is 10.1 Å². The molecule has 1 unspecified atom stereocenters. The quantitative estimate of drug-likeness (QED) is 0.740. The van der Waals surface area contributed by atoms with Gasteiger partial charge in [0.1, 0.15) is 29.8 Å². The van der Waals surface area contributed by atoms with Crippen molar-refractivity contribution in [1.29, 1.82) is 0 Å². The first-order chi connectivity index (χ1) is 12.0. The Labute approximate surface area is 147 Å². The molecule has 0 bridgehead atoms. The Hall–Kier alpha value is -2.66. The molecule has 0 saturated carbocycles. The minimum atomic E-state index is -1.03. The van der Waals surface area contributed by atoms with Crippen LogP contribution in [-0.2, 0) is 12.1 Å². The number of nitrogens with zero attached hydrogens (tertiary/aromatic N) is 3. The Bertz CT molecular complexity index is 796. The summed E-state index contributed by atoms with van der Waals surface area (Å²) in [6.45, 7) is 6.38. The lowest BCUT2D eigenvalue weighted by Gasteiger charge is -2.32. The van der Waals surface area contributed by atoms with Crippen molar-refractivity contribution in [2.75, 3.05) is 0 Å². The van der Waals surface area contributed by atoms with E-state index >= 15 is 0 Å². The van der Waals surface area contributed by atoms with Crippen molar-refractivity contribution in [2.24, 2.45) is 5.92 Å². The molecule has 5 nitrogen and oxygen atoms in total. The van der Waals surface area contributed by atoms with Gasteiger partial charge in [-0.15, -0.1) is 0 Å². The first-order valence-corrected chi connectivity index (χ1v) is 8.37. The third-order valence-corrected chi connectivity index (χ3v) is 4.44. The van der Waals surface area contributed by atoms with Crippen LogP contribution >= 0.6 is 0 Å². The van der Waals surface area contributed by atoms with Crippen LogP contribution in [0.5, 0.6) is 11.5 Å². The Morgan fingerprint density at radius 2 is 1.64 bits per heavy atom. The molecule has 0 radical (unpaired) electrons. The molecule has 1 heterocycles. The number of aliphatic hydroxyl groups is 1. The van der Waals surface area contributed by atoms with Gasteiger partial charge < -0.3 is 9.84 Å². The van der Waals surface area contributed by atoms with Crippen molar-refractivity contribution in [3.05, 3.63) is 72.3 Å². The van der Waals surface area contributed by atoms with E-state index in [9.17, 15) is 5.11 Å². The summed E-state index contributed by atoms with van der Waals surface area (Å²) < 4.78 is 7.51. The molecule has 1 N–H and O–H groups in total. The van der Waals surface area contributed by atoms with Crippen LogP contribution in [0.2, 0.25) is 0 Å². The third kappa shape index (κ3) is 3.88. The lowest BCUT2D eigenvalue weighted by atomic mass is 9.83. The van der Waals surface area contributed by atoms with Crippen molar-refractivity contribution in [3.63, 3.8) is 0 Å². The van der Waals surface area contributed by atoms with Crippen molar-refractivity contribution >= 4 is 0 Å². The molecule has 1 atom stereocenters. The van der Waals surface area contributed by atoms with Gasteiger partial charge >= 0.3 is 0 Å². The van der Waals surface area contributed by atoms with Gasteiger partial charge in [-0.3, -0.25) is 0 Å². The van der Waals surface area contributed by atoms with Crippen LogP contribution in [0.4, 0.5) is 0 Å². The van der Waals surface area contributed by atoms with Gasteiger partial charge in [0.15, 0.2) is 0 Å². The number of aryl methyl sites for hydroxylation is 1.